The van der Waals surface area contributed by atoms with Gasteiger partial charge in [-0.2, -0.15) is 5.26 Å². The van der Waals surface area contributed by atoms with E-state index >= 15 is 0 Å². The summed E-state index contributed by atoms with van der Waals surface area (Å²) in [6, 6.07) is 12.1. The van der Waals surface area contributed by atoms with E-state index in [4.69, 9.17) is 34.2 Å². The molecule has 8 heteroatoms. The molecule has 0 saturated carbocycles. The zero-order valence-electron chi connectivity index (χ0n) is 23.5. The van der Waals surface area contributed by atoms with E-state index in [1.165, 1.54) is 0 Å². The number of ether oxygens (including phenoxy) is 6. The van der Waals surface area contributed by atoms with Gasteiger partial charge in [-0.1, -0.05) is 26.0 Å². The van der Waals surface area contributed by atoms with Gasteiger partial charge < -0.3 is 34.2 Å². The van der Waals surface area contributed by atoms with Crippen molar-refractivity contribution in [1.29, 1.82) is 5.26 Å². The molecule has 0 aliphatic carbocycles. The minimum absolute atomic E-state index is 0.0120. The number of para-hydroxylation sites is 2. The standard InChI is InChI=1S/C30H42N2O6/c1-7-35-26-17-23(27(36-8-2)29(34-6)28(26)33-5)30(19-31,20(3)4)15-11-12-21(32)16-22-18-37-24-13-9-10-14-25(24)38-22/h9-10,13-14,17,20-22H,7-8,11-12,15-16,18,32H2,1-6H3. The van der Waals surface area contributed by atoms with Gasteiger partial charge in [-0.25, -0.2) is 0 Å². The lowest BCUT2D eigenvalue weighted by Crippen LogP contribution is -2.36. The molecule has 3 unspecified atom stereocenters. The third-order valence-corrected chi connectivity index (χ3v) is 7.10. The summed E-state index contributed by atoms with van der Waals surface area (Å²) >= 11 is 0. The average molecular weight is 527 g/mol. The maximum Gasteiger partial charge on any atom is 0.207 e. The molecule has 2 aromatic carbocycles. The topological polar surface area (TPSA) is 105 Å². The van der Waals surface area contributed by atoms with E-state index in [0.717, 1.165) is 29.9 Å². The first-order chi connectivity index (χ1) is 18.3. The summed E-state index contributed by atoms with van der Waals surface area (Å²) in [5.41, 5.74) is 6.43. The van der Waals surface area contributed by atoms with Crippen LogP contribution >= 0.6 is 0 Å². The van der Waals surface area contributed by atoms with Crippen molar-refractivity contribution in [2.24, 2.45) is 11.7 Å². The van der Waals surface area contributed by atoms with Crippen LogP contribution in [0.1, 0.15) is 58.9 Å². The Morgan fingerprint density at radius 1 is 1.05 bits per heavy atom. The van der Waals surface area contributed by atoms with Crippen molar-refractivity contribution in [3.8, 4) is 40.6 Å². The van der Waals surface area contributed by atoms with Gasteiger partial charge in [0.05, 0.1) is 38.9 Å². The van der Waals surface area contributed by atoms with Crippen molar-refractivity contribution in [3.05, 3.63) is 35.9 Å². The molecule has 0 saturated heterocycles. The van der Waals surface area contributed by atoms with Crippen LogP contribution in [0, 0.1) is 17.2 Å². The van der Waals surface area contributed by atoms with Gasteiger partial charge in [-0.15, -0.1) is 0 Å². The van der Waals surface area contributed by atoms with Gasteiger partial charge >= 0.3 is 0 Å². The lowest BCUT2D eigenvalue weighted by atomic mass is 9.69. The van der Waals surface area contributed by atoms with Crippen LogP contribution in [-0.4, -0.2) is 46.2 Å². The molecule has 0 fully saturated rings. The molecular weight excluding hydrogens is 484 g/mol. The van der Waals surface area contributed by atoms with Crippen LogP contribution in [0.25, 0.3) is 0 Å². The van der Waals surface area contributed by atoms with Crippen molar-refractivity contribution in [1.82, 2.24) is 0 Å². The SMILES string of the molecule is CCOc1cc(C(C#N)(CCCC(N)CC2COc3ccccc3O2)C(C)C)c(OCC)c(OC)c1OC. The second-order valence-electron chi connectivity index (χ2n) is 9.81. The monoisotopic (exact) mass is 526 g/mol. The number of rotatable bonds is 14. The highest BCUT2D eigenvalue weighted by Crippen LogP contribution is 2.53. The van der Waals surface area contributed by atoms with Crippen molar-refractivity contribution in [3.63, 3.8) is 0 Å². The summed E-state index contributed by atoms with van der Waals surface area (Å²) in [4.78, 5) is 0. The molecule has 8 nitrogen and oxygen atoms in total. The molecule has 208 valence electrons. The molecule has 1 aliphatic rings. The Balaban J connectivity index is 1.82. The highest BCUT2D eigenvalue weighted by atomic mass is 16.6. The normalized spacial score (nSPS) is 16.8. The Morgan fingerprint density at radius 3 is 2.34 bits per heavy atom. The first-order valence-electron chi connectivity index (χ1n) is 13.4. The number of fused-ring (bicyclic) bond motifs is 1. The van der Waals surface area contributed by atoms with Gasteiger partial charge in [0.25, 0.3) is 0 Å². The molecule has 2 N–H and O–H groups in total. The van der Waals surface area contributed by atoms with Gasteiger partial charge in [0.1, 0.15) is 12.7 Å². The predicted molar refractivity (Wildman–Crippen MR) is 147 cm³/mol. The third kappa shape index (κ3) is 6.21. The molecule has 0 spiro atoms. The molecule has 0 amide bonds. The molecule has 3 atom stereocenters. The second kappa shape index (κ2) is 13.5. The Morgan fingerprint density at radius 2 is 1.74 bits per heavy atom. The van der Waals surface area contributed by atoms with E-state index in [1.807, 2.05) is 44.2 Å². The summed E-state index contributed by atoms with van der Waals surface area (Å²) in [6.07, 6.45) is 2.66. The van der Waals surface area contributed by atoms with E-state index in [9.17, 15) is 5.26 Å². The summed E-state index contributed by atoms with van der Waals surface area (Å²) in [7, 11) is 3.13. The summed E-state index contributed by atoms with van der Waals surface area (Å²) < 4.78 is 35.3. The number of nitrogens with two attached hydrogens (primary N) is 1. The Bertz CT molecular complexity index is 1100. The number of nitrogens with zero attached hydrogens (tertiary/aromatic N) is 1. The smallest absolute Gasteiger partial charge is 0.207 e. The second-order valence-corrected chi connectivity index (χ2v) is 9.81. The van der Waals surface area contributed by atoms with Crippen LogP contribution < -0.4 is 34.2 Å². The quantitative estimate of drug-likeness (QED) is 0.337. The van der Waals surface area contributed by atoms with E-state index in [1.54, 1.807) is 14.2 Å². The van der Waals surface area contributed by atoms with Gasteiger partial charge in [-0.3, -0.25) is 0 Å². The molecule has 2 aromatic rings. The van der Waals surface area contributed by atoms with E-state index < -0.39 is 5.41 Å². The molecule has 0 bridgehead atoms. The Labute approximate surface area is 226 Å². The third-order valence-electron chi connectivity index (χ3n) is 7.10. The highest BCUT2D eigenvalue weighted by molar-refractivity contribution is 5.65. The van der Waals surface area contributed by atoms with Crippen LogP contribution in [-0.2, 0) is 5.41 Å². The average Bonchev–Trinajstić information content (AvgIpc) is 2.91. The summed E-state index contributed by atoms with van der Waals surface area (Å²) in [5.74, 6) is 3.43. The first-order valence-corrected chi connectivity index (χ1v) is 13.4. The zero-order chi connectivity index (χ0) is 27.7. The Kier molecular flexibility index (Phi) is 10.4. The van der Waals surface area contributed by atoms with Gasteiger partial charge in [0, 0.05) is 18.0 Å². The maximum atomic E-state index is 10.6. The zero-order valence-corrected chi connectivity index (χ0v) is 23.5. The van der Waals surface area contributed by atoms with Crippen molar-refractivity contribution < 1.29 is 28.4 Å². The van der Waals surface area contributed by atoms with Crippen LogP contribution in [0.3, 0.4) is 0 Å². The predicted octanol–water partition coefficient (Wildman–Crippen LogP) is 5.65. The molecule has 1 aliphatic heterocycles. The lowest BCUT2D eigenvalue weighted by molar-refractivity contribution is 0.0788. The van der Waals surface area contributed by atoms with Crippen molar-refractivity contribution >= 4 is 0 Å². The molecular formula is C30H42N2O6. The minimum Gasteiger partial charge on any atom is -0.490 e. The fourth-order valence-corrected chi connectivity index (χ4v) is 5.12. The van der Waals surface area contributed by atoms with Crippen LogP contribution in [0.2, 0.25) is 0 Å². The van der Waals surface area contributed by atoms with Crippen molar-refractivity contribution in [2.75, 3.05) is 34.0 Å². The fraction of sp³-hybridized carbons (Fsp3) is 0.567. The molecule has 38 heavy (non-hydrogen) atoms. The van der Waals surface area contributed by atoms with Gasteiger partial charge in [0.2, 0.25) is 11.5 Å². The summed E-state index contributed by atoms with van der Waals surface area (Å²) in [5, 5.41) is 10.6. The van der Waals surface area contributed by atoms with Crippen LogP contribution in [0.15, 0.2) is 30.3 Å². The maximum absolute atomic E-state index is 10.6. The number of nitriles is 1. The lowest BCUT2D eigenvalue weighted by Gasteiger charge is -2.34. The number of benzene rings is 2. The van der Waals surface area contributed by atoms with Gasteiger partial charge in [-0.05, 0) is 57.2 Å². The van der Waals surface area contributed by atoms with E-state index in [-0.39, 0.29) is 18.1 Å². The van der Waals surface area contributed by atoms with E-state index in [0.29, 0.717) is 55.7 Å². The molecule has 3 rings (SSSR count). The largest absolute Gasteiger partial charge is 0.490 e. The number of methoxy groups -OCH3 is 2. The van der Waals surface area contributed by atoms with Crippen LogP contribution in [0.5, 0.6) is 34.5 Å². The minimum atomic E-state index is -0.848. The first kappa shape index (κ1) is 29.2. The highest BCUT2D eigenvalue weighted by Gasteiger charge is 2.41. The summed E-state index contributed by atoms with van der Waals surface area (Å²) in [6.45, 7) is 9.26. The van der Waals surface area contributed by atoms with Gasteiger partial charge in [0.15, 0.2) is 23.0 Å². The number of hydrogen-bond acceptors (Lipinski definition) is 8. The fourth-order valence-electron chi connectivity index (χ4n) is 5.12. The van der Waals surface area contributed by atoms with E-state index in [2.05, 4.69) is 19.9 Å². The van der Waals surface area contributed by atoms with Crippen molar-refractivity contribution in [2.45, 2.75) is 70.9 Å². The molecule has 1 heterocycles. The molecule has 0 radical (unpaired) electrons. The Hall–Kier alpha value is -3.31. The molecule has 0 aromatic heterocycles. The van der Waals surface area contributed by atoms with Crippen LogP contribution in [0.4, 0.5) is 0 Å². The number of hydrogen-bond donors (Lipinski definition) is 1.